The Balaban J connectivity index is 0.00000496. The number of phenols is 1. The van der Waals surface area contributed by atoms with E-state index in [0.717, 1.165) is 0 Å². The highest BCUT2D eigenvalue weighted by Gasteiger charge is 2.56. The van der Waals surface area contributed by atoms with E-state index in [2.05, 4.69) is 6.58 Å². The highest BCUT2D eigenvalue weighted by Crippen LogP contribution is 2.39. The summed E-state index contributed by atoms with van der Waals surface area (Å²) in [5.41, 5.74) is 1.63. The number of unbranched alkanes of at least 4 members (excludes halogenated alkanes) is 1. The minimum Gasteiger partial charge on any atom is -0.508 e. The number of carboxylic acids is 1. The van der Waals surface area contributed by atoms with Crippen LogP contribution in [0.2, 0.25) is 0 Å². The molecular weight excluding hydrogens is 619 g/mol. The maximum atomic E-state index is 13.5. The van der Waals surface area contributed by atoms with Gasteiger partial charge in [-0.3, -0.25) is 9.59 Å². The number of aromatic hydroxyl groups is 1. The first-order chi connectivity index (χ1) is 21.2. The Morgan fingerprint density at radius 2 is 1.49 bits per heavy atom. The lowest BCUT2D eigenvalue weighted by Crippen LogP contribution is -2.36. The van der Waals surface area contributed by atoms with E-state index in [1.165, 1.54) is 18.2 Å². The second kappa shape index (κ2) is 19.0. The quantitative estimate of drug-likeness (QED) is 0.0388. The van der Waals surface area contributed by atoms with Crippen molar-refractivity contribution in [1.29, 1.82) is 0 Å². The van der Waals surface area contributed by atoms with E-state index in [1.807, 2.05) is 13.8 Å². The van der Waals surface area contributed by atoms with E-state index in [4.69, 9.17) is 4.74 Å². The highest BCUT2D eigenvalue weighted by molar-refractivity contribution is 8.03. The molecule has 12 heteroatoms. The minimum absolute atomic E-state index is 0.0294. The number of carboxylic acid groups (broad SMARTS) is 1. The summed E-state index contributed by atoms with van der Waals surface area (Å²) in [6, 6.07) is 12.3. The Morgan fingerprint density at radius 3 is 2.00 bits per heavy atom. The number of Topliss-reactive ketones (excluding diaryl/α,β-unsaturated/α-hetero) is 1. The van der Waals surface area contributed by atoms with Gasteiger partial charge in [0.15, 0.2) is 5.78 Å². The van der Waals surface area contributed by atoms with Gasteiger partial charge in [-0.25, -0.2) is 0 Å². The molecule has 2 aromatic carbocycles. The zero-order valence-corrected chi connectivity index (χ0v) is 26.2. The summed E-state index contributed by atoms with van der Waals surface area (Å²) >= 11 is 0.405. The predicted molar refractivity (Wildman–Crippen MR) is 167 cm³/mol. The molecule has 0 saturated heterocycles. The van der Waals surface area contributed by atoms with Gasteiger partial charge < -0.3 is 19.5 Å². The van der Waals surface area contributed by atoms with Crippen molar-refractivity contribution in [3.8, 4) is 11.5 Å². The van der Waals surface area contributed by atoms with Gasteiger partial charge in [-0.05, 0) is 86.6 Å². The Morgan fingerprint density at radius 1 is 0.933 bits per heavy atom. The minimum atomic E-state index is -5.66. The van der Waals surface area contributed by atoms with Crippen LogP contribution >= 0.6 is 12.0 Å². The van der Waals surface area contributed by atoms with Crippen molar-refractivity contribution in [1.82, 2.24) is 0 Å². The monoisotopic (exact) mass is 658 g/mol. The number of carbonyl (C=O) groups excluding carboxylic acids is 1. The van der Waals surface area contributed by atoms with Gasteiger partial charge in [0.2, 0.25) is 0 Å². The lowest BCUT2D eigenvalue weighted by Gasteiger charge is -2.20. The molecule has 0 radical (unpaired) electrons. The number of phenolic OH excluding ortho intramolecular Hbond substituents is 1. The van der Waals surface area contributed by atoms with E-state index in [0.29, 0.717) is 47.3 Å². The maximum Gasteiger partial charge on any atom is 0.453 e. The number of hydrogen-bond donors (Lipinski definition) is 3. The summed E-state index contributed by atoms with van der Waals surface area (Å²) in [5, 5.41) is 18.9. The van der Waals surface area contributed by atoms with Gasteiger partial charge in [-0.15, -0.1) is 0 Å². The Labute approximate surface area is 264 Å². The van der Waals surface area contributed by atoms with Crippen LogP contribution in [0, 0.1) is 5.92 Å². The Bertz CT molecular complexity index is 1300. The molecular formula is C33H39F5O6S. The van der Waals surface area contributed by atoms with Gasteiger partial charge in [-0.1, -0.05) is 44.7 Å². The van der Waals surface area contributed by atoms with Gasteiger partial charge in [0.05, 0.1) is 17.4 Å². The van der Waals surface area contributed by atoms with E-state index in [-0.39, 0.29) is 41.5 Å². The SMILES string of the molecule is C=C/C=C(C)/C(C(=O)c1ccc(OCCCCC(CCCC(F)(F)C(F)(F)F)C(=O)O)cc1)=C(\SO)c1ccc(O)cc1.CC. The van der Waals surface area contributed by atoms with Crippen molar-refractivity contribution in [2.75, 3.05) is 6.61 Å². The van der Waals surface area contributed by atoms with E-state index < -0.39 is 36.8 Å². The van der Waals surface area contributed by atoms with Gasteiger partial charge in [-0.2, -0.15) is 22.0 Å². The van der Waals surface area contributed by atoms with Crippen LogP contribution in [0.5, 0.6) is 11.5 Å². The Kier molecular flexibility index (Phi) is 16.6. The fourth-order valence-electron chi connectivity index (χ4n) is 4.21. The fourth-order valence-corrected chi connectivity index (χ4v) is 4.80. The average Bonchev–Trinajstić information content (AvgIpc) is 2.99. The van der Waals surface area contributed by atoms with Crippen LogP contribution in [0.15, 0.2) is 78.4 Å². The Hall–Kier alpha value is -3.64. The largest absolute Gasteiger partial charge is 0.508 e. The number of benzene rings is 2. The molecule has 3 N–H and O–H groups in total. The highest BCUT2D eigenvalue weighted by atomic mass is 32.2. The third-order valence-electron chi connectivity index (χ3n) is 6.58. The maximum absolute atomic E-state index is 13.5. The fraction of sp³-hybridized carbons (Fsp3) is 0.394. The summed E-state index contributed by atoms with van der Waals surface area (Å²) in [5.74, 6) is -7.06. The number of alkyl halides is 5. The molecule has 0 spiro atoms. The molecule has 0 aliphatic carbocycles. The first kappa shape index (κ1) is 39.4. The van der Waals surface area contributed by atoms with Gasteiger partial charge in [0.25, 0.3) is 0 Å². The predicted octanol–water partition coefficient (Wildman–Crippen LogP) is 9.97. The lowest BCUT2D eigenvalue weighted by atomic mass is 9.94. The molecule has 1 unspecified atom stereocenters. The molecule has 6 nitrogen and oxygen atoms in total. The van der Waals surface area contributed by atoms with Gasteiger partial charge in [0, 0.05) is 29.6 Å². The van der Waals surface area contributed by atoms with Crippen LogP contribution in [0.4, 0.5) is 22.0 Å². The molecule has 45 heavy (non-hydrogen) atoms. The average molecular weight is 659 g/mol. The van der Waals surface area contributed by atoms with Crippen LogP contribution in [0.25, 0.3) is 4.91 Å². The van der Waals surface area contributed by atoms with Crippen LogP contribution in [-0.4, -0.2) is 45.2 Å². The molecule has 1 atom stereocenters. The standard InChI is InChI=1S/C31H33F5O6S.C2H6/c1-3-7-20(2)26(28(43-41)22-10-14-24(37)15-11-22)27(38)21-12-16-25(17-13-21)42-19-5-4-8-23(29(39)40)9-6-18-30(32,33)31(34,35)36;1-2/h3,7,10-17,23,37,41H,1,4-6,8-9,18-19H2,2H3,(H,39,40);1-2H3/b20-7+,28-26+;. The normalized spacial score (nSPS) is 13.2. The van der Waals surface area contributed by atoms with Crippen molar-refractivity contribution in [2.24, 2.45) is 5.92 Å². The number of aliphatic carboxylic acids is 1. The van der Waals surface area contributed by atoms with E-state index >= 15 is 0 Å². The number of halogens is 5. The second-order valence-corrected chi connectivity index (χ2v) is 10.3. The van der Waals surface area contributed by atoms with Gasteiger partial charge >= 0.3 is 18.1 Å². The van der Waals surface area contributed by atoms with Crippen molar-refractivity contribution >= 4 is 28.7 Å². The zero-order valence-electron chi connectivity index (χ0n) is 25.4. The van der Waals surface area contributed by atoms with Crippen LogP contribution < -0.4 is 4.74 Å². The molecule has 0 amide bonds. The first-order valence-electron chi connectivity index (χ1n) is 14.3. The topological polar surface area (TPSA) is 104 Å². The van der Waals surface area contributed by atoms with Crippen molar-refractivity contribution in [2.45, 2.75) is 71.4 Å². The molecule has 0 aliphatic rings. The third-order valence-corrected chi connectivity index (χ3v) is 7.20. The molecule has 0 bridgehead atoms. The second-order valence-electron chi connectivity index (χ2n) is 9.76. The smallest absolute Gasteiger partial charge is 0.453 e. The van der Waals surface area contributed by atoms with E-state index in [1.54, 1.807) is 49.4 Å². The molecule has 2 aromatic rings. The van der Waals surface area contributed by atoms with Gasteiger partial charge in [0.1, 0.15) is 11.5 Å². The van der Waals surface area contributed by atoms with Crippen LogP contribution in [-0.2, 0) is 4.79 Å². The summed E-state index contributed by atoms with van der Waals surface area (Å²) in [6.45, 7) is 9.55. The van der Waals surface area contributed by atoms with Crippen molar-refractivity contribution in [3.63, 3.8) is 0 Å². The third kappa shape index (κ3) is 12.3. The number of ether oxygens (including phenoxy) is 1. The van der Waals surface area contributed by atoms with E-state index in [9.17, 15) is 46.3 Å². The molecule has 248 valence electrons. The molecule has 0 fully saturated rings. The molecule has 0 aromatic heterocycles. The van der Waals surface area contributed by atoms with Crippen molar-refractivity contribution in [3.05, 3.63) is 89.5 Å². The molecule has 0 saturated carbocycles. The summed E-state index contributed by atoms with van der Waals surface area (Å²) in [7, 11) is 0. The molecule has 0 heterocycles. The van der Waals surface area contributed by atoms with Crippen LogP contribution in [0.1, 0.15) is 75.2 Å². The number of allylic oxidation sites excluding steroid dienone is 4. The number of carbonyl (C=O) groups is 2. The molecule has 2 rings (SSSR count). The number of hydrogen-bond acceptors (Lipinski definition) is 6. The summed E-state index contributed by atoms with van der Waals surface area (Å²) in [6.07, 6.45) is -3.98. The first-order valence-corrected chi connectivity index (χ1v) is 15.1. The lowest BCUT2D eigenvalue weighted by molar-refractivity contribution is -0.284. The summed E-state index contributed by atoms with van der Waals surface area (Å²) in [4.78, 5) is 25.2. The molecule has 0 aliphatic heterocycles. The summed E-state index contributed by atoms with van der Waals surface area (Å²) < 4.78 is 78.8. The van der Waals surface area contributed by atoms with Crippen LogP contribution in [0.3, 0.4) is 0 Å². The number of rotatable bonds is 17. The van der Waals surface area contributed by atoms with Crippen molar-refractivity contribution < 1.29 is 51.0 Å². The number of ketones is 1. The zero-order chi connectivity index (χ0) is 34.2.